The first-order valence-corrected chi connectivity index (χ1v) is 15.9. The van der Waals surface area contributed by atoms with E-state index in [-0.39, 0.29) is 0 Å². The van der Waals surface area contributed by atoms with Crippen LogP contribution < -0.4 is 0 Å². The van der Waals surface area contributed by atoms with Gasteiger partial charge in [-0.3, -0.25) is 0 Å². The Morgan fingerprint density at radius 1 is 1.00 bits per heavy atom. The second-order valence-electron chi connectivity index (χ2n) is 6.89. The van der Waals surface area contributed by atoms with Gasteiger partial charge in [-0.1, -0.05) is 0 Å². The summed E-state index contributed by atoms with van der Waals surface area (Å²) in [4.78, 5) is 5.23. The molecule has 0 saturated carbocycles. The zero-order chi connectivity index (χ0) is 13.9. The molecule has 0 atom stereocenters. The van der Waals surface area contributed by atoms with Crippen molar-refractivity contribution >= 4 is 25.1 Å². The van der Waals surface area contributed by atoms with Gasteiger partial charge < -0.3 is 0 Å². The zero-order valence-corrected chi connectivity index (χ0v) is 16.6. The molecule has 17 heavy (non-hydrogen) atoms. The average Bonchev–Trinajstić information content (AvgIpc) is 2.23. The van der Waals surface area contributed by atoms with Gasteiger partial charge in [0.1, 0.15) is 0 Å². The van der Waals surface area contributed by atoms with Gasteiger partial charge in [0.2, 0.25) is 0 Å². The van der Waals surface area contributed by atoms with Crippen molar-refractivity contribution in [2.24, 2.45) is 0 Å². The van der Waals surface area contributed by atoms with E-state index >= 15 is 0 Å². The summed E-state index contributed by atoms with van der Waals surface area (Å²) >= 11 is -2.12. The second-order valence-corrected chi connectivity index (χ2v) is 22.6. The van der Waals surface area contributed by atoms with E-state index in [0.717, 1.165) is 6.71 Å². The Hall–Kier alpha value is 0.604. The molecule has 0 saturated heterocycles. The SMILES string of the molecule is CCB(CC)/C(CC)=[C](/C)[Sn]([CH3])([CH3])[C](C)(C)C. The Bertz CT molecular complexity index is 267. The summed E-state index contributed by atoms with van der Waals surface area (Å²) in [5.74, 6) is 0. The Morgan fingerprint density at radius 3 is 1.65 bits per heavy atom. The maximum absolute atomic E-state index is 2.61. The third-order valence-electron chi connectivity index (χ3n) is 5.15. The standard InChI is InChI=1S/C9H18B.C4H9.2CH3.Sn/c1-5-9(6-2)10(7-3)8-4;1-4(2)3;;;/h5,7-8H2,1-4H3;1-3H3;2*1H3;. The van der Waals surface area contributed by atoms with Gasteiger partial charge in [0.15, 0.2) is 0 Å². The van der Waals surface area contributed by atoms with Gasteiger partial charge in [0.25, 0.3) is 0 Å². The van der Waals surface area contributed by atoms with Crippen LogP contribution in [0.3, 0.4) is 0 Å². The van der Waals surface area contributed by atoms with Gasteiger partial charge in [-0.25, -0.2) is 0 Å². The molecule has 0 aromatic carbocycles. The van der Waals surface area contributed by atoms with Crippen LogP contribution >= 0.6 is 0 Å². The van der Waals surface area contributed by atoms with E-state index in [4.69, 9.17) is 0 Å². The van der Waals surface area contributed by atoms with Crippen molar-refractivity contribution < 1.29 is 0 Å². The van der Waals surface area contributed by atoms with Gasteiger partial charge in [0.05, 0.1) is 0 Å². The van der Waals surface area contributed by atoms with E-state index in [1.165, 1.54) is 19.1 Å². The topological polar surface area (TPSA) is 0 Å². The molecule has 0 aliphatic rings. The molecule has 0 spiro atoms. The Kier molecular flexibility index (Phi) is 6.92. The summed E-state index contributed by atoms with van der Waals surface area (Å²) in [6, 6.07) is 0. The molecule has 0 aromatic rings. The quantitative estimate of drug-likeness (QED) is 0.551. The molecule has 0 aliphatic carbocycles. The van der Waals surface area contributed by atoms with Gasteiger partial charge in [-0.05, 0) is 0 Å². The van der Waals surface area contributed by atoms with Gasteiger partial charge in [-0.15, -0.1) is 0 Å². The molecule has 0 N–H and O–H groups in total. The predicted octanol–water partition coefficient (Wildman–Crippen LogP) is 5.83. The van der Waals surface area contributed by atoms with Gasteiger partial charge in [0, 0.05) is 0 Å². The Labute approximate surface area is 115 Å². The first kappa shape index (κ1) is 17.6. The van der Waals surface area contributed by atoms with Crippen molar-refractivity contribution in [1.82, 2.24) is 0 Å². The molecule has 0 bridgehead atoms. The van der Waals surface area contributed by atoms with Crippen LogP contribution in [0.15, 0.2) is 9.06 Å². The van der Waals surface area contributed by atoms with Crippen LogP contribution in [0.2, 0.25) is 26.0 Å². The van der Waals surface area contributed by atoms with E-state index in [1.54, 1.807) is 5.47 Å². The minimum atomic E-state index is -2.12. The summed E-state index contributed by atoms with van der Waals surface area (Å²) in [6.45, 7) is 17.7. The zero-order valence-electron chi connectivity index (χ0n) is 13.7. The van der Waals surface area contributed by atoms with E-state index < -0.39 is 18.4 Å². The molecule has 100 valence electrons. The maximum atomic E-state index is 2.61. The summed E-state index contributed by atoms with van der Waals surface area (Å²) in [5, 5.41) is 0. The third kappa shape index (κ3) is 4.04. The van der Waals surface area contributed by atoms with Crippen molar-refractivity contribution in [2.45, 2.75) is 80.8 Å². The molecule has 0 heterocycles. The van der Waals surface area contributed by atoms with Crippen LogP contribution in [0.1, 0.15) is 54.9 Å². The minimum absolute atomic E-state index is 0.533. The van der Waals surface area contributed by atoms with Crippen LogP contribution in [0.4, 0.5) is 0 Å². The molecule has 2 heteroatoms. The molecule has 0 aromatic heterocycles. The number of hydrogen-bond acceptors (Lipinski definition) is 0. The summed E-state index contributed by atoms with van der Waals surface area (Å²) in [5.41, 5.74) is 1.80. The van der Waals surface area contributed by atoms with Crippen LogP contribution in [0, 0.1) is 0 Å². The number of allylic oxidation sites excluding steroid dienone is 2. The van der Waals surface area contributed by atoms with Crippen LogP contribution in [-0.4, -0.2) is 25.1 Å². The molecule has 0 amide bonds. The summed E-state index contributed by atoms with van der Waals surface area (Å²) in [6.07, 6.45) is 3.88. The first-order chi connectivity index (χ1) is 7.63. The monoisotopic (exact) mass is 344 g/mol. The molecule has 0 radical (unpaired) electrons. The Balaban J connectivity index is 5.51. The third-order valence-corrected chi connectivity index (χ3v) is 22.1. The average molecular weight is 343 g/mol. The van der Waals surface area contributed by atoms with Crippen molar-refractivity contribution in [2.75, 3.05) is 0 Å². The van der Waals surface area contributed by atoms with E-state index in [0.29, 0.717) is 3.43 Å². The van der Waals surface area contributed by atoms with E-state index in [1.807, 2.05) is 3.59 Å². The van der Waals surface area contributed by atoms with Crippen molar-refractivity contribution in [3.63, 3.8) is 0 Å². The Morgan fingerprint density at radius 2 is 1.41 bits per heavy atom. The van der Waals surface area contributed by atoms with Crippen LogP contribution in [0.25, 0.3) is 0 Å². The first-order valence-electron chi connectivity index (χ1n) is 7.33. The molecule has 0 fully saturated rings. The van der Waals surface area contributed by atoms with Gasteiger partial charge in [-0.2, -0.15) is 0 Å². The summed E-state index contributed by atoms with van der Waals surface area (Å²) < 4.78 is 2.37. The molecule has 0 unspecified atom stereocenters. The van der Waals surface area contributed by atoms with E-state index in [2.05, 4.69) is 58.3 Å². The fourth-order valence-corrected chi connectivity index (χ4v) is 9.19. The fraction of sp³-hybridized carbons (Fsp3) is 0.867. The second kappa shape index (κ2) is 6.68. The van der Waals surface area contributed by atoms with Crippen molar-refractivity contribution in [3.8, 4) is 0 Å². The van der Waals surface area contributed by atoms with Crippen molar-refractivity contribution in [1.29, 1.82) is 0 Å². The molecule has 0 rings (SSSR count). The van der Waals surface area contributed by atoms with Crippen LogP contribution in [-0.2, 0) is 0 Å². The van der Waals surface area contributed by atoms with E-state index in [9.17, 15) is 0 Å². The number of hydrogen-bond donors (Lipinski definition) is 0. The van der Waals surface area contributed by atoms with Crippen LogP contribution in [0.5, 0.6) is 0 Å². The van der Waals surface area contributed by atoms with Crippen molar-refractivity contribution in [3.05, 3.63) is 9.06 Å². The normalized spacial score (nSPS) is 14.6. The fourth-order valence-electron chi connectivity index (χ4n) is 2.61. The summed E-state index contributed by atoms with van der Waals surface area (Å²) in [7, 11) is 0. The molecular formula is C15H33BSn. The number of rotatable bonds is 5. The van der Waals surface area contributed by atoms with Gasteiger partial charge >= 0.3 is 115 Å². The molecular weight excluding hydrogens is 310 g/mol. The predicted molar refractivity (Wildman–Crippen MR) is 86.9 cm³/mol. The molecule has 0 nitrogen and oxygen atoms in total. The molecule has 0 aliphatic heterocycles.